The highest BCUT2D eigenvalue weighted by Crippen LogP contribution is 2.31. The van der Waals surface area contributed by atoms with Crippen LogP contribution in [0.15, 0.2) is 12.1 Å². The van der Waals surface area contributed by atoms with Crippen molar-refractivity contribution in [3.8, 4) is 6.07 Å². The molecule has 0 bridgehead atoms. The fraction of sp³-hybridized carbons (Fsp3) is 0.400. The van der Waals surface area contributed by atoms with Gasteiger partial charge < -0.3 is 5.32 Å². The molecule has 0 spiro atoms. The van der Waals surface area contributed by atoms with Gasteiger partial charge in [-0.15, -0.1) is 0 Å². The summed E-state index contributed by atoms with van der Waals surface area (Å²) < 4.78 is 37.2. The Morgan fingerprint density at radius 3 is 2.56 bits per heavy atom. The number of nitrogens with one attached hydrogen (secondary N) is 1. The van der Waals surface area contributed by atoms with Crippen molar-refractivity contribution >= 4 is 5.82 Å². The predicted octanol–water partition coefficient (Wildman–Crippen LogP) is 2.55. The molecule has 1 heterocycles. The zero-order valence-electron chi connectivity index (χ0n) is 8.17. The Kier molecular flexibility index (Phi) is 2.46. The van der Waals surface area contributed by atoms with Gasteiger partial charge in [0.2, 0.25) is 0 Å². The van der Waals surface area contributed by atoms with Crippen molar-refractivity contribution in [3.63, 3.8) is 0 Å². The van der Waals surface area contributed by atoms with Crippen LogP contribution < -0.4 is 5.32 Å². The van der Waals surface area contributed by atoms with Crippen molar-refractivity contribution in [2.24, 2.45) is 0 Å². The molecular weight excluding hydrogens is 219 g/mol. The van der Waals surface area contributed by atoms with Gasteiger partial charge in [-0.2, -0.15) is 18.4 Å². The van der Waals surface area contributed by atoms with Crippen LogP contribution >= 0.6 is 0 Å². The van der Waals surface area contributed by atoms with E-state index in [0.29, 0.717) is 0 Å². The van der Waals surface area contributed by atoms with E-state index in [2.05, 4.69) is 10.3 Å². The molecule has 0 atom stereocenters. The molecule has 1 aromatic heterocycles. The number of halogens is 3. The normalized spacial score (nSPS) is 15.6. The molecule has 6 heteroatoms. The van der Waals surface area contributed by atoms with Crippen LogP contribution in [0.2, 0.25) is 0 Å². The van der Waals surface area contributed by atoms with E-state index in [1.807, 2.05) is 6.07 Å². The van der Waals surface area contributed by atoms with Gasteiger partial charge in [0, 0.05) is 6.04 Å². The van der Waals surface area contributed by atoms with Gasteiger partial charge in [0.15, 0.2) is 0 Å². The van der Waals surface area contributed by atoms with Crippen LogP contribution in [0.1, 0.15) is 24.1 Å². The fourth-order valence-corrected chi connectivity index (χ4v) is 1.24. The highest BCUT2D eigenvalue weighted by atomic mass is 19.4. The van der Waals surface area contributed by atoms with E-state index < -0.39 is 11.9 Å². The van der Waals surface area contributed by atoms with E-state index in [1.165, 1.54) is 0 Å². The monoisotopic (exact) mass is 227 g/mol. The quantitative estimate of drug-likeness (QED) is 0.844. The second-order valence-electron chi connectivity index (χ2n) is 3.62. The van der Waals surface area contributed by atoms with E-state index >= 15 is 0 Å². The molecule has 0 unspecified atom stereocenters. The van der Waals surface area contributed by atoms with Crippen LogP contribution in [0.4, 0.5) is 19.0 Å². The highest BCUT2D eigenvalue weighted by molar-refractivity contribution is 5.53. The first-order chi connectivity index (χ1) is 7.50. The maximum Gasteiger partial charge on any atom is 0.433 e. The Balaban J connectivity index is 2.34. The molecule has 1 N–H and O–H groups in total. The number of pyridine rings is 1. The molecule has 0 saturated heterocycles. The van der Waals surface area contributed by atoms with E-state index in [4.69, 9.17) is 5.26 Å². The topological polar surface area (TPSA) is 48.7 Å². The second-order valence-corrected chi connectivity index (χ2v) is 3.62. The SMILES string of the molecule is N#Cc1ccc(C(F)(F)F)nc1NC1CC1. The molecule has 3 nitrogen and oxygen atoms in total. The summed E-state index contributed by atoms with van der Waals surface area (Å²) in [5.41, 5.74) is -0.838. The average Bonchev–Trinajstić information content (AvgIpc) is 3.00. The predicted molar refractivity (Wildman–Crippen MR) is 50.6 cm³/mol. The first-order valence-electron chi connectivity index (χ1n) is 4.75. The third-order valence-corrected chi connectivity index (χ3v) is 2.22. The van der Waals surface area contributed by atoms with Crippen LogP contribution in [0.25, 0.3) is 0 Å². The van der Waals surface area contributed by atoms with Gasteiger partial charge >= 0.3 is 6.18 Å². The standard InChI is InChI=1S/C10H8F3N3/c11-10(12,13)8-4-1-6(5-14)9(16-8)15-7-2-3-7/h1,4,7H,2-3H2,(H,15,16). The average molecular weight is 227 g/mol. The van der Waals surface area contributed by atoms with Gasteiger partial charge in [-0.25, -0.2) is 4.98 Å². The first-order valence-corrected chi connectivity index (χ1v) is 4.75. The lowest BCUT2D eigenvalue weighted by Gasteiger charge is -2.10. The van der Waals surface area contributed by atoms with Crippen molar-refractivity contribution in [1.82, 2.24) is 4.98 Å². The summed E-state index contributed by atoms with van der Waals surface area (Å²) in [6.07, 6.45) is -2.67. The molecule has 0 radical (unpaired) electrons. The molecule has 1 aliphatic carbocycles. The summed E-state index contributed by atoms with van der Waals surface area (Å²) in [4.78, 5) is 3.44. The second kappa shape index (κ2) is 3.67. The molecule has 1 fully saturated rings. The van der Waals surface area contributed by atoms with Crippen LogP contribution in [0.3, 0.4) is 0 Å². The Bertz CT molecular complexity index is 444. The minimum absolute atomic E-state index is 0.0276. The lowest BCUT2D eigenvalue weighted by molar-refractivity contribution is -0.141. The molecule has 1 saturated carbocycles. The van der Waals surface area contributed by atoms with E-state index in [1.54, 1.807) is 0 Å². The molecule has 2 rings (SSSR count). The number of nitriles is 1. The van der Waals surface area contributed by atoms with E-state index in [9.17, 15) is 13.2 Å². The molecule has 0 aromatic carbocycles. The van der Waals surface area contributed by atoms with Gasteiger partial charge in [0.05, 0.1) is 5.56 Å². The number of alkyl halides is 3. The molecular formula is C10H8F3N3. The highest BCUT2D eigenvalue weighted by Gasteiger charge is 2.33. The summed E-state index contributed by atoms with van der Waals surface area (Å²) in [6, 6.07) is 3.93. The van der Waals surface area contributed by atoms with Crippen molar-refractivity contribution in [2.45, 2.75) is 25.1 Å². The Morgan fingerprint density at radius 2 is 2.06 bits per heavy atom. The van der Waals surface area contributed by atoms with Gasteiger partial charge in [-0.05, 0) is 25.0 Å². The molecule has 1 aliphatic rings. The number of rotatable bonds is 2. The van der Waals surface area contributed by atoms with Crippen molar-refractivity contribution in [1.29, 1.82) is 5.26 Å². The molecule has 84 valence electrons. The van der Waals surface area contributed by atoms with Crippen molar-refractivity contribution in [2.75, 3.05) is 5.32 Å². The summed E-state index contributed by atoms with van der Waals surface area (Å²) in [7, 11) is 0. The number of hydrogen-bond donors (Lipinski definition) is 1. The van der Waals surface area contributed by atoms with Crippen LogP contribution in [-0.2, 0) is 6.18 Å². The maximum absolute atomic E-state index is 12.4. The van der Waals surface area contributed by atoms with E-state index in [-0.39, 0.29) is 17.4 Å². The first kappa shape index (κ1) is 10.7. The zero-order valence-corrected chi connectivity index (χ0v) is 8.17. The molecule has 1 aromatic rings. The van der Waals surface area contributed by atoms with Gasteiger partial charge in [-0.3, -0.25) is 0 Å². The van der Waals surface area contributed by atoms with Crippen molar-refractivity contribution in [3.05, 3.63) is 23.4 Å². The molecule has 0 amide bonds. The largest absolute Gasteiger partial charge is 0.433 e. The third kappa shape index (κ3) is 2.24. The number of nitrogens with zero attached hydrogens (tertiary/aromatic N) is 2. The zero-order chi connectivity index (χ0) is 11.8. The summed E-state index contributed by atoms with van der Waals surface area (Å²) >= 11 is 0. The summed E-state index contributed by atoms with van der Waals surface area (Å²) in [5.74, 6) is 0.0276. The Morgan fingerprint density at radius 1 is 1.38 bits per heavy atom. The lowest BCUT2D eigenvalue weighted by atomic mass is 10.2. The maximum atomic E-state index is 12.4. The van der Waals surface area contributed by atoms with Gasteiger partial charge in [0.1, 0.15) is 17.6 Å². The van der Waals surface area contributed by atoms with E-state index in [0.717, 1.165) is 25.0 Å². The van der Waals surface area contributed by atoms with Gasteiger partial charge in [-0.1, -0.05) is 0 Å². The minimum Gasteiger partial charge on any atom is -0.366 e. The number of anilines is 1. The summed E-state index contributed by atoms with van der Waals surface area (Å²) in [6.45, 7) is 0. The summed E-state index contributed by atoms with van der Waals surface area (Å²) in [5, 5.41) is 11.5. The lowest BCUT2D eigenvalue weighted by Crippen LogP contribution is -2.12. The Labute approximate surface area is 89.9 Å². The van der Waals surface area contributed by atoms with Gasteiger partial charge in [0.25, 0.3) is 0 Å². The van der Waals surface area contributed by atoms with Crippen LogP contribution in [0.5, 0.6) is 0 Å². The minimum atomic E-state index is -4.48. The fourth-order valence-electron chi connectivity index (χ4n) is 1.24. The van der Waals surface area contributed by atoms with Crippen LogP contribution in [0, 0.1) is 11.3 Å². The third-order valence-electron chi connectivity index (χ3n) is 2.22. The number of hydrogen-bond acceptors (Lipinski definition) is 3. The van der Waals surface area contributed by atoms with Crippen molar-refractivity contribution < 1.29 is 13.2 Å². The molecule has 16 heavy (non-hydrogen) atoms. The molecule has 0 aliphatic heterocycles. The number of aromatic nitrogens is 1. The Hall–Kier alpha value is -1.77. The smallest absolute Gasteiger partial charge is 0.366 e. The van der Waals surface area contributed by atoms with Crippen LogP contribution in [-0.4, -0.2) is 11.0 Å².